The highest BCUT2D eigenvalue weighted by atomic mass is 28.2. The molecule has 1 unspecified atom stereocenters. The Morgan fingerprint density at radius 1 is 1.00 bits per heavy atom. The molecule has 0 aromatic heterocycles. The van der Waals surface area contributed by atoms with Gasteiger partial charge in [0.1, 0.15) is 0 Å². The Morgan fingerprint density at radius 2 is 1.59 bits per heavy atom. The molecule has 2 radical (unpaired) electrons. The van der Waals surface area contributed by atoms with E-state index < -0.39 is 0 Å². The van der Waals surface area contributed by atoms with Crippen LogP contribution in [0.5, 0.6) is 0 Å². The van der Waals surface area contributed by atoms with Crippen LogP contribution < -0.4 is 0 Å². The van der Waals surface area contributed by atoms with Crippen molar-refractivity contribution in [2.75, 3.05) is 0 Å². The molecule has 1 nitrogen and oxygen atoms in total. The Morgan fingerprint density at radius 3 is 2.14 bits per heavy atom. The predicted molar refractivity (Wildman–Crippen MR) is 101 cm³/mol. The van der Waals surface area contributed by atoms with Gasteiger partial charge in [-0.15, -0.1) is 0 Å². The van der Waals surface area contributed by atoms with Crippen molar-refractivity contribution in [3.05, 3.63) is 61.3 Å². The summed E-state index contributed by atoms with van der Waals surface area (Å²) in [5.74, 6) is 0. The molecule has 2 heteroatoms. The summed E-state index contributed by atoms with van der Waals surface area (Å²) in [7, 11) is 0.374. The van der Waals surface area contributed by atoms with Crippen molar-refractivity contribution in [3.8, 4) is 0 Å². The van der Waals surface area contributed by atoms with Gasteiger partial charge in [-0.25, -0.2) is 0 Å². The Kier molecular flexibility index (Phi) is 11.8. The van der Waals surface area contributed by atoms with Gasteiger partial charge in [-0.1, -0.05) is 78.0 Å². The van der Waals surface area contributed by atoms with E-state index >= 15 is 0 Å². The van der Waals surface area contributed by atoms with Crippen molar-refractivity contribution in [2.24, 2.45) is 0 Å². The molecule has 1 atom stereocenters. The third-order valence-electron chi connectivity index (χ3n) is 3.81. The highest BCUT2D eigenvalue weighted by Gasteiger charge is 2.19. The van der Waals surface area contributed by atoms with Gasteiger partial charge in [0.25, 0.3) is 0 Å². The van der Waals surface area contributed by atoms with Crippen molar-refractivity contribution in [1.82, 2.24) is 0 Å². The fraction of sp³-hybridized carbons (Fsp3) is 0.500. The molecular weight excluding hydrogens is 284 g/mol. The topological polar surface area (TPSA) is 9.23 Å². The number of allylic oxidation sites excluding steroid dienone is 1. The summed E-state index contributed by atoms with van der Waals surface area (Å²) in [5.41, 5.74) is 3.63. The smallest absolute Gasteiger partial charge is 0.227 e. The van der Waals surface area contributed by atoms with E-state index in [0.29, 0.717) is 9.76 Å². The van der Waals surface area contributed by atoms with Gasteiger partial charge in [0.15, 0.2) is 0 Å². The minimum atomic E-state index is -0.221. The quantitative estimate of drug-likeness (QED) is 0.210. The molecule has 0 aliphatic heterocycles. The summed E-state index contributed by atoms with van der Waals surface area (Å²) in [6, 6.07) is 0. The molecule has 0 saturated carbocycles. The fourth-order valence-electron chi connectivity index (χ4n) is 2.23. The molecule has 0 aromatic carbocycles. The lowest BCUT2D eigenvalue weighted by Gasteiger charge is -2.24. The molecule has 122 valence electrons. The van der Waals surface area contributed by atoms with Gasteiger partial charge in [0.05, 0.1) is 6.10 Å². The van der Waals surface area contributed by atoms with E-state index in [0.717, 1.165) is 35.1 Å². The maximum atomic E-state index is 5.83. The zero-order chi connectivity index (χ0) is 17.0. The Labute approximate surface area is 140 Å². The second-order valence-electron chi connectivity index (χ2n) is 5.60. The summed E-state index contributed by atoms with van der Waals surface area (Å²) in [4.78, 5) is 0. The van der Waals surface area contributed by atoms with Gasteiger partial charge in [0.2, 0.25) is 9.76 Å². The minimum Gasteiger partial charge on any atom is -0.407 e. The normalized spacial score (nSPS) is 11.7. The van der Waals surface area contributed by atoms with Gasteiger partial charge in [-0.3, -0.25) is 0 Å². The van der Waals surface area contributed by atoms with Crippen molar-refractivity contribution in [2.45, 2.75) is 64.5 Å². The van der Waals surface area contributed by atoms with Crippen LogP contribution >= 0.6 is 0 Å². The predicted octanol–water partition coefficient (Wildman–Crippen LogP) is 6.20. The Balaban J connectivity index is 4.41. The highest BCUT2D eigenvalue weighted by molar-refractivity contribution is 6.25. The van der Waals surface area contributed by atoms with E-state index in [2.05, 4.69) is 39.8 Å². The van der Waals surface area contributed by atoms with E-state index in [4.69, 9.17) is 4.43 Å². The SMILES string of the molecule is C=CC(=C)C(=C)C(O[Si]C)C(=C)C(=C)CCCCCCCC. The largest absolute Gasteiger partial charge is 0.407 e. The van der Waals surface area contributed by atoms with Crippen LogP contribution in [0, 0.1) is 0 Å². The monoisotopic (exact) mass is 316 g/mol. The van der Waals surface area contributed by atoms with E-state index in [-0.39, 0.29) is 6.10 Å². The molecule has 0 aliphatic carbocycles. The third kappa shape index (κ3) is 7.76. The number of hydrogen-bond acceptors (Lipinski definition) is 1. The van der Waals surface area contributed by atoms with Crippen LogP contribution in [-0.4, -0.2) is 15.9 Å². The van der Waals surface area contributed by atoms with E-state index in [9.17, 15) is 0 Å². The second-order valence-corrected chi connectivity index (χ2v) is 6.25. The zero-order valence-corrected chi connectivity index (χ0v) is 15.5. The Hall–Kier alpha value is -1.12. The van der Waals surface area contributed by atoms with Crippen LogP contribution in [0.4, 0.5) is 0 Å². The van der Waals surface area contributed by atoms with Crippen LogP contribution in [-0.2, 0) is 4.43 Å². The summed E-state index contributed by atoms with van der Waals surface area (Å²) < 4.78 is 5.83. The summed E-state index contributed by atoms with van der Waals surface area (Å²) >= 11 is 0. The average molecular weight is 317 g/mol. The van der Waals surface area contributed by atoms with Crippen LogP contribution in [0.25, 0.3) is 0 Å². The standard InChI is InChI=1S/C20H32OSi/c1-8-10-11-12-13-14-15-17(4)19(6)20(21-22-7)18(5)16(3)9-2/h9,20H,2-6,8,10-15H2,1,7H3. The molecule has 0 aromatic rings. The highest BCUT2D eigenvalue weighted by Crippen LogP contribution is 2.26. The van der Waals surface area contributed by atoms with Crippen molar-refractivity contribution in [3.63, 3.8) is 0 Å². The van der Waals surface area contributed by atoms with Crippen LogP contribution in [0.15, 0.2) is 61.3 Å². The van der Waals surface area contributed by atoms with Gasteiger partial charge in [0, 0.05) is 0 Å². The summed E-state index contributed by atoms with van der Waals surface area (Å²) in [6.07, 6.45) is 10.2. The van der Waals surface area contributed by atoms with Gasteiger partial charge in [-0.05, 0) is 41.7 Å². The van der Waals surface area contributed by atoms with Crippen molar-refractivity contribution < 1.29 is 4.43 Å². The lowest BCUT2D eigenvalue weighted by molar-refractivity contribution is 0.295. The molecule has 0 saturated heterocycles. The first-order valence-electron chi connectivity index (χ1n) is 8.19. The lowest BCUT2D eigenvalue weighted by atomic mass is 9.91. The fourth-order valence-corrected chi connectivity index (χ4v) is 2.75. The molecule has 0 bridgehead atoms. The minimum absolute atomic E-state index is 0.221. The molecule has 0 rings (SSSR count). The first kappa shape index (κ1) is 20.9. The van der Waals surface area contributed by atoms with Gasteiger partial charge < -0.3 is 4.43 Å². The molecule has 0 amide bonds. The molecular formula is C20H32OSi. The summed E-state index contributed by atoms with van der Waals surface area (Å²) in [6.45, 7) is 24.4. The molecule has 0 aliphatic rings. The first-order chi connectivity index (χ1) is 10.5. The molecule has 22 heavy (non-hydrogen) atoms. The molecule has 0 heterocycles. The maximum Gasteiger partial charge on any atom is 0.227 e. The van der Waals surface area contributed by atoms with Crippen molar-refractivity contribution in [1.29, 1.82) is 0 Å². The molecule has 0 N–H and O–H groups in total. The molecule has 0 fully saturated rings. The Bertz CT molecular complexity index is 406. The van der Waals surface area contributed by atoms with Crippen LogP contribution in [0.2, 0.25) is 6.55 Å². The van der Waals surface area contributed by atoms with Crippen LogP contribution in [0.1, 0.15) is 51.9 Å². The van der Waals surface area contributed by atoms with E-state index in [1.807, 2.05) is 6.55 Å². The van der Waals surface area contributed by atoms with E-state index in [1.54, 1.807) is 6.08 Å². The maximum absolute atomic E-state index is 5.83. The van der Waals surface area contributed by atoms with Crippen LogP contribution in [0.3, 0.4) is 0 Å². The number of unbranched alkanes of at least 4 members (excludes halogenated alkanes) is 5. The number of rotatable bonds is 14. The number of hydrogen-bond donors (Lipinski definition) is 0. The first-order valence-corrected chi connectivity index (χ1v) is 9.60. The van der Waals surface area contributed by atoms with E-state index in [1.165, 1.54) is 32.1 Å². The van der Waals surface area contributed by atoms with Crippen molar-refractivity contribution >= 4 is 9.76 Å². The lowest BCUT2D eigenvalue weighted by Crippen LogP contribution is -2.20. The average Bonchev–Trinajstić information content (AvgIpc) is 2.53. The second kappa shape index (κ2) is 12.4. The molecule has 0 spiro atoms. The summed E-state index contributed by atoms with van der Waals surface area (Å²) in [5, 5.41) is 0. The third-order valence-corrected chi connectivity index (χ3v) is 4.29. The zero-order valence-electron chi connectivity index (χ0n) is 14.5. The van der Waals surface area contributed by atoms with Gasteiger partial charge in [-0.2, -0.15) is 0 Å². The van der Waals surface area contributed by atoms with Gasteiger partial charge >= 0.3 is 0 Å².